The molecule has 130 valence electrons. The topological polar surface area (TPSA) is 78.9 Å². The van der Waals surface area contributed by atoms with E-state index in [-0.39, 0.29) is 11.9 Å². The van der Waals surface area contributed by atoms with Crippen LogP contribution < -0.4 is 10.1 Å². The lowest BCUT2D eigenvalue weighted by Gasteiger charge is -2.30. The number of amides is 2. The molecule has 0 atom stereocenters. The van der Waals surface area contributed by atoms with E-state index in [2.05, 4.69) is 5.32 Å². The largest absolute Gasteiger partial charge is 0.465 e. The molecule has 2 aromatic carbocycles. The molecule has 1 heterocycles. The Morgan fingerprint density at radius 3 is 2.32 bits per heavy atom. The van der Waals surface area contributed by atoms with Crippen LogP contribution >= 0.6 is 0 Å². The highest BCUT2D eigenvalue weighted by Gasteiger charge is 2.24. The quantitative estimate of drug-likeness (QED) is 0.894. The summed E-state index contributed by atoms with van der Waals surface area (Å²) in [5.74, 6) is 0.951. The molecule has 1 aliphatic rings. The number of nitrogens with zero attached hydrogens (tertiary/aromatic N) is 1. The average molecular weight is 340 g/mol. The fourth-order valence-electron chi connectivity index (χ4n) is 2.84. The summed E-state index contributed by atoms with van der Waals surface area (Å²) in [6.07, 6.45) is 0.311. The van der Waals surface area contributed by atoms with Gasteiger partial charge >= 0.3 is 6.09 Å². The van der Waals surface area contributed by atoms with E-state index in [0.717, 1.165) is 0 Å². The third kappa shape index (κ3) is 4.29. The van der Waals surface area contributed by atoms with Gasteiger partial charge in [-0.05, 0) is 37.1 Å². The molecule has 0 spiro atoms. The number of likely N-dealkylation sites (tertiary alicyclic amines) is 1. The SMILES string of the molecule is O=C(NC1CCN(C(=O)O)CC1)c1ccccc1Oc1ccccc1. The lowest BCUT2D eigenvalue weighted by molar-refractivity contribution is 0.0905. The van der Waals surface area contributed by atoms with Gasteiger partial charge in [0.1, 0.15) is 11.5 Å². The summed E-state index contributed by atoms with van der Waals surface area (Å²) in [7, 11) is 0. The minimum absolute atomic E-state index is 0.0344. The van der Waals surface area contributed by atoms with Crippen molar-refractivity contribution in [2.24, 2.45) is 0 Å². The van der Waals surface area contributed by atoms with Crippen LogP contribution in [0.25, 0.3) is 0 Å². The average Bonchev–Trinajstić information content (AvgIpc) is 2.63. The van der Waals surface area contributed by atoms with Crippen molar-refractivity contribution in [2.45, 2.75) is 18.9 Å². The lowest BCUT2D eigenvalue weighted by atomic mass is 10.0. The molecular formula is C19H20N2O4. The Balaban J connectivity index is 1.66. The van der Waals surface area contributed by atoms with Crippen molar-refractivity contribution in [1.82, 2.24) is 10.2 Å². The standard InChI is InChI=1S/C19H20N2O4/c22-18(20-14-10-12-21(13-11-14)19(23)24)16-8-4-5-9-17(16)25-15-6-2-1-3-7-15/h1-9,14H,10-13H2,(H,20,22)(H,23,24). The van der Waals surface area contributed by atoms with Gasteiger partial charge in [-0.2, -0.15) is 0 Å². The van der Waals surface area contributed by atoms with E-state index in [4.69, 9.17) is 9.84 Å². The third-order valence-corrected chi connectivity index (χ3v) is 4.20. The molecule has 2 N–H and O–H groups in total. The maximum Gasteiger partial charge on any atom is 0.407 e. The highest BCUT2D eigenvalue weighted by Crippen LogP contribution is 2.25. The summed E-state index contributed by atoms with van der Waals surface area (Å²) < 4.78 is 5.82. The van der Waals surface area contributed by atoms with E-state index < -0.39 is 6.09 Å². The smallest absolute Gasteiger partial charge is 0.407 e. The molecule has 25 heavy (non-hydrogen) atoms. The van der Waals surface area contributed by atoms with E-state index in [0.29, 0.717) is 43.0 Å². The summed E-state index contributed by atoms with van der Waals surface area (Å²) in [4.78, 5) is 24.9. The number of nitrogens with one attached hydrogen (secondary N) is 1. The first-order valence-corrected chi connectivity index (χ1v) is 8.24. The monoisotopic (exact) mass is 340 g/mol. The number of carbonyl (C=O) groups excluding carboxylic acids is 1. The zero-order valence-corrected chi connectivity index (χ0v) is 13.7. The number of ether oxygens (including phenoxy) is 1. The highest BCUT2D eigenvalue weighted by atomic mass is 16.5. The van der Waals surface area contributed by atoms with E-state index >= 15 is 0 Å². The first kappa shape index (κ1) is 16.8. The summed E-state index contributed by atoms with van der Waals surface area (Å²) in [6, 6.07) is 16.4. The Bertz CT molecular complexity index is 740. The fraction of sp³-hybridized carbons (Fsp3) is 0.263. The van der Waals surface area contributed by atoms with Crippen molar-refractivity contribution in [3.05, 3.63) is 60.2 Å². The zero-order chi connectivity index (χ0) is 17.6. The molecule has 1 aliphatic heterocycles. The van der Waals surface area contributed by atoms with E-state index in [1.807, 2.05) is 36.4 Å². The van der Waals surface area contributed by atoms with Gasteiger partial charge in [0.25, 0.3) is 5.91 Å². The molecule has 2 aromatic rings. The van der Waals surface area contributed by atoms with Crippen LogP contribution in [0.2, 0.25) is 0 Å². The van der Waals surface area contributed by atoms with Crippen LogP contribution in [0, 0.1) is 0 Å². The van der Waals surface area contributed by atoms with Gasteiger partial charge in [-0.1, -0.05) is 30.3 Å². The molecule has 6 heteroatoms. The molecule has 0 aromatic heterocycles. The first-order valence-electron chi connectivity index (χ1n) is 8.24. The van der Waals surface area contributed by atoms with Crippen LogP contribution in [-0.2, 0) is 0 Å². The van der Waals surface area contributed by atoms with Gasteiger partial charge in [-0.25, -0.2) is 4.79 Å². The molecule has 0 radical (unpaired) electrons. The molecule has 0 aliphatic carbocycles. The van der Waals surface area contributed by atoms with Crippen molar-refractivity contribution >= 4 is 12.0 Å². The Kier molecular flexibility index (Phi) is 5.18. The van der Waals surface area contributed by atoms with Crippen LogP contribution in [0.15, 0.2) is 54.6 Å². The Morgan fingerprint density at radius 2 is 1.64 bits per heavy atom. The molecule has 1 saturated heterocycles. The summed E-state index contributed by atoms with van der Waals surface area (Å²) in [6.45, 7) is 0.866. The van der Waals surface area contributed by atoms with Gasteiger partial charge in [0.2, 0.25) is 0 Å². The maximum absolute atomic E-state index is 12.6. The van der Waals surface area contributed by atoms with Crippen LogP contribution in [0.5, 0.6) is 11.5 Å². The minimum Gasteiger partial charge on any atom is -0.465 e. The fourth-order valence-corrected chi connectivity index (χ4v) is 2.84. The zero-order valence-electron chi connectivity index (χ0n) is 13.7. The molecular weight excluding hydrogens is 320 g/mol. The number of rotatable bonds is 4. The van der Waals surface area contributed by atoms with E-state index in [1.165, 1.54) is 4.90 Å². The third-order valence-electron chi connectivity index (χ3n) is 4.20. The normalized spacial score (nSPS) is 14.8. The predicted molar refractivity (Wildman–Crippen MR) is 93.0 cm³/mol. The molecule has 0 unspecified atom stereocenters. The van der Waals surface area contributed by atoms with E-state index in [9.17, 15) is 9.59 Å². The molecule has 3 rings (SSSR count). The Labute approximate surface area is 146 Å². The molecule has 0 bridgehead atoms. The maximum atomic E-state index is 12.6. The number of carbonyl (C=O) groups is 2. The predicted octanol–water partition coefficient (Wildman–Crippen LogP) is 3.35. The van der Waals surface area contributed by atoms with Gasteiger partial charge in [0, 0.05) is 19.1 Å². The molecule has 6 nitrogen and oxygen atoms in total. The number of piperidine rings is 1. The summed E-state index contributed by atoms with van der Waals surface area (Å²) in [5, 5.41) is 12.0. The second-order valence-corrected chi connectivity index (χ2v) is 5.93. The lowest BCUT2D eigenvalue weighted by Crippen LogP contribution is -2.46. The van der Waals surface area contributed by atoms with Crippen LogP contribution in [0.3, 0.4) is 0 Å². The van der Waals surface area contributed by atoms with Gasteiger partial charge < -0.3 is 20.1 Å². The van der Waals surface area contributed by atoms with E-state index in [1.54, 1.807) is 18.2 Å². The van der Waals surface area contributed by atoms with Crippen LogP contribution in [0.4, 0.5) is 4.79 Å². The molecule has 1 fully saturated rings. The number of hydrogen-bond donors (Lipinski definition) is 2. The minimum atomic E-state index is -0.911. The number of benzene rings is 2. The second kappa shape index (κ2) is 7.70. The number of hydrogen-bond acceptors (Lipinski definition) is 3. The Hall–Kier alpha value is -3.02. The highest BCUT2D eigenvalue weighted by molar-refractivity contribution is 5.97. The summed E-state index contributed by atoms with van der Waals surface area (Å²) in [5.41, 5.74) is 0.465. The Morgan fingerprint density at radius 1 is 1.00 bits per heavy atom. The van der Waals surface area contributed by atoms with Crippen molar-refractivity contribution in [1.29, 1.82) is 0 Å². The first-order chi connectivity index (χ1) is 12.1. The van der Waals surface area contributed by atoms with Crippen molar-refractivity contribution in [3.8, 4) is 11.5 Å². The van der Waals surface area contributed by atoms with Crippen molar-refractivity contribution in [2.75, 3.05) is 13.1 Å². The summed E-state index contributed by atoms with van der Waals surface area (Å²) >= 11 is 0. The van der Waals surface area contributed by atoms with Crippen molar-refractivity contribution in [3.63, 3.8) is 0 Å². The van der Waals surface area contributed by atoms with Crippen molar-refractivity contribution < 1.29 is 19.4 Å². The van der Waals surface area contributed by atoms with Gasteiger partial charge in [0.15, 0.2) is 0 Å². The van der Waals surface area contributed by atoms with Gasteiger partial charge in [-0.15, -0.1) is 0 Å². The van der Waals surface area contributed by atoms with Crippen LogP contribution in [-0.4, -0.2) is 41.1 Å². The van der Waals surface area contributed by atoms with Gasteiger partial charge in [-0.3, -0.25) is 4.79 Å². The van der Waals surface area contributed by atoms with Gasteiger partial charge in [0.05, 0.1) is 5.56 Å². The van der Waals surface area contributed by atoms with Crippen LogP contribution in [0.1, 0.15) is 23.2 Å². The second-order valence-electron chi connectivity index (χ2n) is 5.93. The molecule has 0 saturated carbocycles. The molecule has 2 amide bonds. The number of para-hydroxylation sites is 2. The number of carboxylic acid groups (broad SMARTS) is 1.